The molecule has 2 heterocycles. The fourth-order valence-electron chi connectivity index (χ4n) is 9.65. The van der Waals surface area contributed by atoms with Crippen LogP contribution in [0.4, 0.5) is 11.5 Å². The fourth-order valence-corrected chi connectivity index (χ4v) is 9.65. The maximum atomic E-state index is 15.3. The number of anilines is 2. The van der Waals surface area contributed by atoms with Crippen LogP contribution in [0.2, 0.25) is 0 Å². The molecule has 1 saturated carbocycles. The van der Waals surface area contributed by atoms with Gasteiger partial charge in [0.15, 0.2) is 23.0 Å². The second-order valence-electron chi connectivity index (χ2n) is 15.3. The number of allylic oxidation sites excluding steroid dienone is 1. The monoisotopic (exact) mass is 742 g/mol. The third kappa shape index (κ3) is 6.58. The number of aliphatic hydroxyl groups excluding tert-OH is 1. The number of phenols is 4. The lowest BCUT2D eigenvalue weighted by Crippen LogP contribution is -2.45. The van der Waals surface area contributed by atoms with Crippen LogP contribution in [0.15, 0.2) is 79.0 Å². The molecule has 1 spiro atoms. The predicted molar refractivity (Wildman–Crippen MR) is 211 cm³/mol. The number of methoxy groups -OCH3 is 2. The van der Waals surface area contributed by atoms with Crippen molar-refractivity contribution in [1.82, 2.24) is 4.98 Å². The maximum absolute atomic E-state index is 15.3. The number of rotatable bonds is 7. The van der Waals surface area contributed by atoms with Crippen LogP contribution in [-0.2, 0) is 16.6 Å². The first kappa shape index (κ1) is 36.2. The average molecular weight is 743 g/mol. The number of ether oxygens (including phenoxy) is 2. The first-order chi connectivity index (χ1) is 26.6. The van der Waals surface area contributed by atoms with Gasteiger partial charge in [-0.2, -0.15) is 0 Å². The molecule has 5 aromatic rings. The van der Waals surface area contributed by atoms with Gasteiger partial charge in [0.2, 0.25) is 5.75 Å². The topological polar surface area (TPSA) is 162 Å². The Balaban J connectivity index is 1.28. The molecule has 10 heteroatoms. The molecule has 0 unspecified atom stereocenters. The third-order valence-corrected chi connectivity index (χ3v) is 12.2. The number of fused-ring (bicyclic) bond motifs is 3. The summed E-state index contributed by atoms with van der Waals surface area (Å²) in [6.45, 7) is 0. The van der Waals surface area contributed by atoms with Crippen molar-refractivity contribution in [3.8, 4) is 34.5 Å². The zero-order chi connectivity index (χ0) is 38.4. The number of aryl methyl sites for hydroxylation is 1. The largest absolute Gasteiger partial charge is 0.508 e. The summed E-state index contributed by atoms with van der Waals surface area (Å²) in [5, 5.41) is 60.1. The minimum Gasteiger partial charge on any atom is -0.508 e. The van der Waals surface area contributed by atoms with Crippen molar-refractivity contribution in [1.29, 1.82) is 0 Å². The van der Waals surface area contributed by atoms with Gasteiger partial charge in [-0.25, -0.2) is 4.98 Å². The molecular formula is C45H46N2O8. The smallest absolute Gasteiger partial charge is 0.200 e. The van der Waals surface area contributed by atoms with Gasteiger partial charge in [-0.3, -0.25) is 4.79 Å². The maximum Gasteiger partial charge on any atom is 0.200 e. The lowest BCUT2D eigenvalue weighted by molar-refractivity contribution is -0.130. The number of benzene rings is 4. The Morgan fingerprint density at radius 1 is 0.909 bits per heavy atom. The van der Waals surface area contributed by atoms with Crippen LogP contribution >= 0.6 is 0 Å². The Kier molecular flexibility index (Phi) is 9.55. The number of nitrogens with one attached hydrogen (secondary N) is 1. The molecule has 3 aliphatic rings. The first-order valence-electron chi connectivity index (χ1n) is 19.0. The Morgan fingerprint density at radius 3 is 2.49 bits per heavy atom. The lowest BCUT2D eigenvalue weighted by atomic mass is 9.63. The molecule has 2 bridgehead atoms. The van der Waals surface area contributed by atoms with Gasteiger partial charge in [0.25, 0.3) is 0 Å². The number of pyridine rings is 1. The number of aromatic hydroxyl groups is 4. The normalized spacial score (nSPS) is 20.6. The molecule has 8 rings (SSSR count). The molecule has 2 aliphatic carbocycles. The van der Waals surface area contributed by atoms with Crippen molar-refractivity contribution in [2.24, 2.45) is 5.92 Å². The van der Waals surface area contributed by atoms with Crippen molar-refractivity contribution < 1.29 is 39.8 Å². The number of carbonyl (C=O) groups excluding carboxylic acids is 1. The highest BCUT2D eigenvalue weighted by Crippen LogP contribution is 2.53. The zero-order valence-corrected chi connectivity index (χ0v) is 31.0. The number of aromatic nitrogens is 1. The van der Waals surface area contributed by atoms with Crippen molar-refractivity contribution in [2.45, 2.75) is 74.7 Å². The van der Waals surface area contributed by atoms with Gasteiger partial charge >= 0.3 is 0 Å². The van der Waals surface area contributed by atoms with E-state index in [2.05, 4.69) is 11.4 Å². The highest BCUT2D eigenvalue weighted by molar-refractivity contribution is 6.00. The van der Waals surface area contributed by atoms with Crippen molar-refractivity contribution in [3.63, 3.8) is 0 Å². The number of phenolic OH excluding ortho intramolecular Hbond substituents is 4. The summed E-state index contributed by atoms with van der Waals surface area (Å²) in [5.74, 6) is -0.944. The van der Waals surface area contributed by atoms with E-state index in [0.29, 0.717) is 36.4 Å². The van der Waals surface area contributed by atoms with E-state index in [9.17, 15) is 25.5 Å². The second-order valence-corrected chi connectivity index (χ2v) is 15.3. The molecule has 55 heavy (non-hydrogen) atoms. The third-order valence-electron chi connectivity index (χ3n) is 12.2. The highest BCUT2D eigenvalue weighted by Gasteiger charge is 2.49. The van der Waals surface area contributed by atoms with Crippen molar-refractivity contribution in [3.05, 3.63) is 107 Å². The summed E-state index contributed by atoms with van der Waals surface area (Å²) in [6, 6.07) is 19.8. The molecule has 284 valence electrons. The van der Waals surface area contributed by atoms with E-state index < -0.39 is 23.4 Å². The van der Waals surface area contributed by atoms with Crippen LogP contribution in [0, 0.1) is 5.92 Å². The minimum atomic E-state index is -1.01. The van der Waals surface area contributed by atoms with Crippen LogP contribution in [0.5, 0.6) is 34.5 Å². The molecule has 0 radical (unpaired) electrons. The summed E-state index contributed by atoms with van der Waals surface area (Å²) in [5.41, 5.74) is 4.53. The number of hydrogen-bond acceptors (Lipinski definition) is 10. The molecule has 1 aliphatic heterocycles. The van der Waals surface area contributed by atoms with E-state index in [4.69, 9.17) is 14.5 Å². The van der Waals surface area contributed by atoms with E-state index in [1.807, 2.05) is 30.3 Å². The fraction of sp³-hybridized carbons (Fsp3) is 0.333. The summed E-state index contributed by atoms with van der Waals surface area (Å²) >= 11 is 0. The number of ketones is 1. The Labute approximate surface area is 319 Å². The van der Waals surface area contributed by atoms with Crippen LogP contribution in [-0.4, -0.2) is 56.6 Å². The highest BCUT2D eigenvalue weighted by atomic mass is 16.5. The number of nitrogens with zero attached hydrogens (tertiary/aromatic N) is 1. The van der Waals surface area contributed by atoms with E-state index >= 15 is 4.79 Å². The van der Waals surface area contributed by atoms with Gasteiger partial charge in [0.05, 0.1) is 26.2 Å². The van der Waals surface area contributed by atoms with Crippen LogP contribution in [0.1, 0.15) is 84.6 Å². The summed E-state index contributed by atoms with van der Waals surface area (Å²) in [4.78, 5) is 20.1. The molecular weight excluding hydrogens is 697 g/mol. The van der Waals surface area contributed by atoms with E-state index in [-0.39, 0.29) is 46.9 Å². The van der Waals surface area contributed by atoms with Gasteiger partial charge in [0, 0.05) is 29.6 Å². The molecule has 6 N–H and O–H groups in total. The summed E-state index contributed by atoms with van der Waals surface area (Å²) in [6.07, 6.45) is 9.39. The molecule has 0 saturated heterocycles. The number of hydrogen-bond donors (Lipinski definition) is 6. The van der Waals surface area contributed by atoms with E-state index in [1.165, 1.54) is 20.3 Å². The van der Waals surface area contributed by atoms with Gasteiger partial charge in [-0.05, 0) is 131 Å². The van der Waals surface area contributed by atoms with E-state index in [1.54, 1.807) is 42.6 Å². The van der Waals surface area contributed by atoms with Gasteiger partial charge < -0.3 is 40.3 Å². The molecule has 1 aromatic heterocycles. The van der Waals surface area contributed by atoms with Crippen LogP contribution in [0.3, 0.4) is 0 Å². The standard InChI is InChI=1S/C45H46N2O8/c1-54-38-17-25(5-11-34(38)49)6-12-35(50)43-36(51)21-29(30-22-37(52)44(53)39(23-30)55-2)18-26-7-8-27-19-32(48)20-28-9-10-33(42(26)41(27)28)47-40-24-31(13-16-46-40)45(43)14-3-4-15-45/h5,7-11,13,16-17,19-20,22-24,26,29,35,43,48-50,52-53H,3-4,6,12,14-15,18,21H2,1-2H3,(H,46,47)/t26-,29-,35+,43-/m0/s1. The van der Waals surface area contributed by atoms with Crippen molar-refractivity contribution in [2.75, 3.05) is 19.5 Å². The van der Waals surface area contributed by atoms with Crippen molar-refractivity contribution >= 4 is 34.1 Å². The Bertz CT molecular complexity index is 2310. The van der Waals surface area contributed by atoms with E-state index in [0.717, 1.165) is 64.4 Å². The number of aliphatic hydroxyl groups is 1. The van der Waals surface area contributed by atoms with Crippen LogP contribution in [0.25, 0.3) is 16.8 Å². The van der Waals surface area contributed by atoms with Gasteiger partial charge in [-0.1, -0.05) is 37.1 Å². The summed E-state index contributed by atoms with van der Waals surface area (Å²) < 4.78 is 10.8. The van der Waals surface area contributed by atoms with Gasteiger partial charge in [0.1, 0.15) is 17.4 Å². The molecule has 1 fully saturated rings. The molecule has 4 aromatic carbocycles. The molecule has 4 atom stereocenters. The molecule has 0 amide bonds. The average Bonchev–Trinajstić information content (AvgIpc) is 3.67. The Morgan fingerprint density at radius 2 is 1.71 bits per heavy atom. The first-order valence-corrected chi connectivity index (χ1v) is 19.0. The quantitative estimate of drug-likeness (QED) is 0.0892. The predicted octanol–water partition coefficient (Wildman–Crippen LogP) is 8.50. The van der Waals surface area contributed by atoms with Crippen LogP contribution < -0.4 is 14.8 Å². The second kappa shape index (κ2) is 14.5. The Hall–Kier alpha value is -5.74. The minimum absolute atomic E-state index is 0.0319. The summed E-state index contributed by atoms with van der Waals surface area (Å²) in [7, 11) is 2.92. The SMILES string of the molecule is COc1cc(CC[C@@H](O)[C@H]2C(=O)C[C@@H](c3cc(O)c(O)c(OC)c3)C[C@@H]3C=Cc4cc(O)cc5ccc(c3c45)Nc3cc(ccn3)C23CCCC3)ccc1O. The van der Waals surface area contributed by atoms with Gasteiger partial charge in [-0.15, -0.1) is 0 Å². The number of Topliss-reactive ketones (excluding diaryl/α,β-unsaturated/α-hetero) is 1. The molecule has 10 nitrogen and oxygen atoms in total. The lowest BCUT2D eigenvalue weighted by Gasteiger charge is -2.41. The number of carbonyl (C=O) groups is 1. The zero-order valence-electron chi connectivity index (χ0n) is 31.0.